The van der Waals surface area contributed by atoms with Crippen LogP contribution in [-0.2, 0) is 0 Å². The molecule has 0 amide bonds. The van der Waals surface area contributed by atoms with Crippen molar-refractivity contribution in [2.24, 2.45) is 0 Å². The van der Waals surface area contributed by atoms with E-state index in [9.17, 15) is 0 Å². The molecule has 0 atom stereocenters. The van der Waals surface area contributed by atoms with Crippen LogP contribution in [0.1, 0.15) is 23.3 Å². The Bertz CT molecular complexity index is 941. The van der Waals surface area contributed by atoms with Crippen molar-refractivity contribution >= 4 is 27.0 Å². The first-order valence-corrected chi connectivity index (χ1v) is 8.49. The number of rotatable bonds is 3. The van der Waals surface area contributed by atoms with E-state index in [1.54, 1.807) is 0 Å². The van der Waals surface area contributed by atoms with Gasteiger partial charge in [0.05, 0.1) is 22.4 Å². The monoisotopic (exact) mass is 378 g/mol. The maximum atomic E-state index is 4.71. The van der Waals surface area contributed by atoms with Gasteiger partial charge in [-0.3, -0.25) is 9.97 Å². The second-order valence-electron chi connectivity index (χ2n) is 5.57. The van der Waals surface area contributed by atoms with E-state index in [0.717, 1.165) is 32.7 Å². The van der Waals surface area contributed by atoms with Crippen molar-refractivity contribution in [1.82, 2.24) is 19.5 Å². The predicted octanol–water partition coefficient (Wildman–Crippen LogP) is 4.53. The molecule has 3 heterocycles. The quantitative estimate of drug-likeness (QED) is 0.525. The molecule has 0 aliphatic carbocycles. The Kier molecular flexibility index (Phi) is 3.86. The number of halogens is 1. The number of benzene rings is 1. The summed E-state index contributed by atoms with van der Waals surface area (Å²) in [6, 6.07) is 17.9. The molecule has 4 rings (SSSR count). The molecule has 118 valence electrons. The molecular weight excluding hydrogens is 364 g/mol. The molecule has 3 aromatic heterocycles. The number of imidazole rings is 1. The topological polar surface area (TPSA) is 43.6 Å². The maximum Gasteiger partial charge on any atom is 0.120 e. The molecule has 0 fully saturated rings. The average Bonchev–Trinajstić information content (AvgIpc) is 2.93. The largest absolute Gasteiger partial charge is 0.313 e. The summed E-state index contributed by atoms with van der Waals surface area (Å²) < 4.78 is 3.22. The van der Waals surface area contributed by atoms with Gasteiger partial charge >= 0.3 is 0 Å². The first-order valence-electron chi connectivity index (χ1n) is 7.70. The molecule has 0 bridgehead atoms. The summed E-state index contributed by atoms with van der Waals surface area (Å²) in [5.74, 6) is 0.935. The SMILES string of the molecule is Cc1nc2ccc(Br)cc2n1C(c1ccccn1)c1ccccn1. The van der Waals surface area contributed by atoms with Crippen molar-refractivity contribution in [2.75, 3.05) is 0 Å². The summed E-state index contributed by atoms with van der Waals surface area (Å²) in [5.41, 5.74) is 3.91. The van der Waals surface area contributed by atoms with Gasteiger partial charge < -0.3 is 4.57 Å². The first kappa shape index (κ1) is 15.0. The molecule has 4 aromatic rings. The van der Waals surface area contributed by atoms with E-state index in [0.29, 0.717) is 0 Å². The Balaban J connectivity index is 2.01. The van der Waals surface area contributed by atoms with E-state index in [1.165, 1.54) is 0 Å². The van der Waals surface area contributed by atoms with Crippen LogP contribution in [0.25, 0.3) is 11.0 Å². The normalized spacial score (nSPS) is 11.3. The van der Waals surface area contributed by atoms with Gasteiger partial charge in [0.25, 0.3) is 0 Å². The van der Waals surface area contributed by atoms with E-state index < -0.39 is 0 Å². The Morgan fingerprint density at radius 3 is 2.17 bits per heavy atom. The van der Waals surface area contributed by atoms with Gasteiger partial charge in [0, 0.05) is 16.9 Å². The van der Waals surface area contributed by atoms with Gasteiger partial charge in [0.1, 0.15) is 11.9 Å². The fourth-order valence-corrected chi connectivity index (χ4v) is 3.35. The zero-order valence-electron chi connectivity index (χ0n) is 13.1. The number of nitrogens with zero attached hydrogens (tertiary/aromatic N) is 4. The van der Waals surface area contributed by atoms with E-state index in [-0.39, 0.29) is 6.04 Å². The molecule has 0 aliphatic rings. The highest BCUT2D eigenvalue weighted by Crippen LogP contribution is 2.30. The van der Waals surface area contributed by atoms with Crippen molar-refractivity contribution in [3.8, 4) is 0 Å². The molecule has 0 spiro atoms. The van der Waals surface area contributed by atoms with E-state index in [2.05, 4.69) is 36.5 Å². The molecule has 5 heteroatoms. The first-order chi connectivity index (χ1) is 11.7. The van der Waals surface area contributed by atoms with Crippen LogP contribution in [-0.4, -0.2) is 19.5 Å². The molecule has 24 heavy (non-hydrogen) atoms. The standard InChI is InChI=1S/C19H15BrN4/c1-13-23-15-9-8-14(20)12-18(15)24(13)19(16-6-2-4-10-21-16)17-7-3-5-11-22-17/h2-12,19H,1H3. The molecule has 4 nitrogen and oxygen atoms in total. The molecule has 0 unspecified atom stereocenters. The molecular formula is C19H15BrN4. The number of aryl methyl sites for hydroxylation is 1. The molecule has 1 aromatic carbocycles. The maximum absolute atomic E-state index is 4.71. The Labute approximate surface area is 148 Å². The lowest BCUT2D eigenvalue weighted by atomic mass is 10.1. The van der Waals surface area contributed by atoms with Crippen molar-refractivity contribution in [3.63, 3.8) is 0 Å². The van der Waals surface area contributed by atoms with Crippen LogP contribution < -0.4 is 0 Å². The number of hydrogen-bond donors (Lipinski definition) is 0. The summed E-state index contributed by atoms with van der Waals surface area (Å²) >= 11 is 3.57. The third-order valence-corrected chi connectivity index (χ3v) is 4.52. The van der Waals surface area contributed by atoms with Gasteiger partial charge in [0.15, 0.2) is 0 Å². The molecule has 0 radical (unpaired) electrons. The molecule has 0 saturated carbocycles. The summed E-state index contributed by atoms with van der Waals surface area (Å²) in [5, 5.41) is 0. The predicted molar refractivity (Wildman–Crippen MR) is 97.9 cm³/mol. The van der Waals surface area contributed by atoms with Crippen molar-refractivity contribution < 1.29 is 0 Å². The highest BCUT2D eigenvalue weighted by Gasteiger charge is 2.23. The Hall–Kier alpha value is -2.53. The van der Waals surface area contributed by atoms with Gasteiger partial charge in [-0.15, -0.1) is 0 Å². The minimum absolute atomic E-state index is 0.119. The Morgan fingerprint density at radius 2 is 1.58 bits per heavy atom. The number of aromatic nitrogens is 4. The molecule has 0 saturated heterocycles. The van der Waals surface area contributed by atoms with Gasteiger partial charge in [-0.1, -0.05) is 28.1 Å². The van der Waals surface area contributed by atoms with Crippen LogP contribution in [0.5, 0.6) is 0 Å². The van der Waals surface area contributed by atoms with Crippen LogP contribution >= 0.6 is 15.9 Å². The number of fused-ring (bicyclic) bond motifs is 1. The number of hydrogen-bond acceptors (Lipinski definition) is 3. The van der Waals surface area contributed by atoms with E-state index in [1.807, 2.05) is 67.8 Å². The smallest absolute Gasteiger partial charge is 0.120 e. The van der Waals surface area contributed by atoms with Crippen LogP contribution in [0.3, 0.4) is 0 Å². The van der Waals surface area contributed by atoms with Gasteiger partial charge in [-0.05, 0) is 49.4 Å². The third-order valence-electron chi connectivity index (χ3n) is 4.02. The van der Waals surface area contributed by atoms with Gasteiger partial charge in [0.2, 0.25) is 0 Å². The molecule has 0 aliphatic heterocycles. The van der Waals surface area contributed by atoms with Gasteiger partial charge in [-0.25, -0.2) is 4.98 Å². The van der Waals surface area contributed by atoms with Crippen molar-refractivity contribution in [1.29, 1.82) is 0 Å². The van der Waals surface area contributed by atoms with E-state index in [4.69, 9.17) is 4.98 Å². The third kappa shape index (κ3) is 2.61. The zero-order chi connectivity index (χ0) is 16.5. The van der Waals surface area contributed by atoms with Crippen molar-refractivity contribution in [2.45, 2.75) is 13.0 Å². The summed E-state index contributed by atoms with van der Waals surface area (Å²) in [6.45, 7) is 2.02. The number of pyridine rings is 2. The fraction of sp³-hybridized carbons (Fsp3) is 0.105. The highest BCUT2D eigenvalue weighted by molar-refractivity contribution is 9.10. The summed E-state index contributed by atoms with van der Waals surface area (Å²) in [4.78, 5) is 13.9. The average molecular weight is 379 g/mol. The minimum atomic E-state index is -0.119. The Morgan fingerprint density at radius 1 is 0.917 bits per heavy atom. The van der Waals surface area contributed by atoms with Crippen LogP contribution in [0.4, 0.5) is 0 Å². The second-order valence-corrected chi connectivity index (χ2v) is 6.49. The van der Waals surface area contributed by atoms with E-state index >= 15 is 0 Å². The fourth-order valence-electron chi connectivity index (χ4n) is 3.00. The van der Waals surface area contributed by atoms with Crippen LogP contribution in [0, 0.1) is 6.92 Å². The highest BCUT2D eigenvalue weighted by atomic mass is 79.9. The zero-order valence-corrected chi connectivity index (χ0v) is 14.7. The lowest BCUT2D eigenvalue weighted by Gasteiger charge is -2.20. The minimum Gasteiger partial charge on any atom is -0.313 e. The lowest BCUT2D eigenvalue weighted by Crippen LogP contribution is -2.16. The van der Waals surface area contributed by atoms with Crippen molar-refractivity contribution in [3.05, 3.63) is 88.7 Å². The van der Waals surface area contributed by atoms with Crippen LogP contribution in [0.15, 0.2) is 71.5 Å². The van der Waals surface area contributed by atoms with Crippen LogP contribution in [0.2, 0.25) is 0 Å². The second kappa shape index (κ2) is 6.17. The molecule has 0 N–H and O–H groups in total. The summed E-state index contributed by atoms with van der Waals surface area (Å²) in [7, 11) is 0. The lowest BCUT2D eigenvalue weighted by molar-refractivity contribution is 0.638. The summed E-state index contributed by atoms with van der Waals surface area (Å²) in [6.07, 6.45) is 3.63. The van der Waals surface area contributed by atoms with Gasteiger partial charge in [-0.2, -0.15) is 0 Å².